The Morgan fingerprint density at radius 3 is 2.48 bits per heavy atom. The van der Waals surface area contributed by atoms with Crippen molar-refractivity contribution in [2.45, 2.75) is 19.4 Å². The molecule has 6 N–H and O–H groups in total. The average Bonchev–Trinajstić information content (AvgIpc) is 3.04. The van der Waals surface area contributed by atoms with Gasteiger partial charge in [0.2, 0.25) is 17.7 Å². The van der Waals surface area contributed by atoms with Gasteiger partial charge in [-0.15, -0.1) is 11.3 Å². The lowest BCUT2D eigenvalue weighted by Crippen LogP contribution is -2.49. The Morgan fingerprint density at radius 2 is 1.89 bits per heavy atom. The van der Waals surface area contributed by atoms with Crippen molar-refractivity contribution in [2.75, 3.05) is 18.4 Å². The number of aryl methyl sites for hydroxylation is 1. The molecule has 0 saturated heterocycles. The van der Waals surface area contributed by atoms with Gasteiger partial charge in [0.15, 0.2) is 5.13 Å². The van der Waals surface area contributed by atoms with Gasteiger partial charge in [-0.3, -0.25) is 14.4 Å². The monoisotopic (exact) mass is 391 g/mol. The highest BCUT2D eigenvalue weighted by Gasteiger charge is 2.19. The van der Waals surface area contributed by atoms with Gasteiger partial charge in [-0.2, -0.15) is 0 Å². The summed E-state index contributed by atoms with van der Waals surface area (Å²) in [4.78, 5) is 40.4. The smallest absolute Gasteiger partial charge is 0.240 e. The summed E-state index contributed by atoms with van der Waals surface area (Å²) in [5, 5.41) is 17.7. The lowest BCUT2D eigenvalue weighted by molar-refractivity contribution is -0.128. The fraction of sp³-hybridized carbons (Fsp3) is 0.294. The van der Waals surface area contributed by atoms with E-state index in [9.17, 15) is 19.5 Å². The van der Waals surface area contributed by atoms with E-state index < -0.39 is 17.9 Å². The summed E-state index contributed by atoms with van der Waals surface area (Å²) in [6.07, 6.45) is 1.87. The van der Waals surface area contributed by atoms with Gasteiger partial charge in [0.1, 0.15) is 11.8 Å². The minimum absolute atomic E-state index is 0.0208. The number of nitrogens with two attached hydrogens (primary N) is 1. The van der Waals surface area contributed by atoms with Gasteiger partial charge in [-0.1, -0.05) is 12.1 Å². The number of hydrogen-bond acceptors (Lipinski definition) is 7. The Bertz CT molecular complexity index is 806. The number of thiazole rings is 1. The number of anilines is 1. The highest BCUT2D eigenvalue weighted by Crippen LogP contribution is 2.15. The first-order valence-corrected chi connectivity index (χ1v) is 8.94. The Morgan fingerprint density at radius 1 is 1.19 bits per heavy atom. The molecule has 0 bridgehead atoms. The molecule has 3 amide bonds. The van der Waals surface area contributed by atoms with E-state index in [1.807, 2.05) is 6.92 Å². The van der Waals surface area contributed by atoms with Crippen molar-refractivity contribution in [3.05, 3.63) is 40.9 Å². The third-order valence-electron chi connectivity index (χ3n) is 3.52. The summed E-state index contributed by atoms with van der Waals surface area (Å²) in [6, 6.07) is 5.30. The van der Waals surface area contributed by atoms with Crippen LogP contribution < -0.4 is 21.7 Å². The first kappa shape index (κ1) is 20.2. The number of phenolic OH excluding ortho intramolecular Hbond substituents is 1. The standard InChI is InChI=1S/C17H21N5O4S/c1-10-7-20-17(27-10)21-8-14(24)19-9-15(25)22-13(16(18)26)6-11-2-4-12(23)5-3-11/h2-5,7,13,23H,6,8-9H2,1H3,(H2,18,26)(H,19,24)(H,20,21)(H,22,25)/t13-/m0/s1. The normalized spacial score (nSPS) is 11.4. The molecule has 1 aromatic heterocycles. The number of nitrogens with one attached hydrogen (secondary N) is 3. The summed E-state index contributed by atoms with van der Waals surface area (Å²) in [5.41, 5.74) is 6.05. The van der Waals surface area contributed by atoms with Gasteiger partial charge in [0.05, 0.1) is 13.1 Å². The Balaban J connectivity index is 1.76. The maximum Gasteiger partial charge on any atom is 0.240 e. The predicted molar refractivity (Wildman–Crippen MR) is 101 cm³/mol. The molecule has 0 aliphatic rings. The van der Waals surface area contributed by atoms with Crippen molar-refractivity contribution in [3.8, 4) is 5.75 Å². The molecule has 144 valence electrons. The molecule has 1 aromatic carbocycles. The molecular weight excluding hydrogens is 370 g/mol. The molecule has 1 atom stereocenters. The van der Waals surface area contributed by atoms with Crippen LogP contribution >= 0.6 is 11.3 Å². The molecule has 0 saturated carbocycles. The zero-order valence-corrected chi connectivity index (χ0v) is 15.5. The number of carbonyl (C=O) groups is 3. The molecule has 1 heterocycles. The number of rotatable bonds is 9. The third-order valence-corrected chi connectivity index (χ3v) is 4.39. The van der Waals surface area contributed by atoms with Crippen LogP contribution in [0.15, 0.2) is 30.5 Å². The number of primary amides is 1. The number of hydrogen-bond donors (Lipinski definition) is 5. The van der Waals surface area contributed by atoms with E-state index in [1.165, 1.54) is 23.5 Å². The van der Waals surface area contributed by atoms with Crippen LogP contribution in [0.3, 0.4) is 0 Å². The minimum Gasteiger partial charge on any atom is -0.508 e. The first-order valence-electron chi connectivity index (χ1n) is 8.13. The number of carbonyl (C=O) groups excluding carboxylic acids is 3. The summed E-state index contributed by atoms with van der Waals surface area (Å²) < 4.78 is 0. The summed E-state index contributed by atoms with van der Waals surface area (Å²) >= 11 is 1.42. The van der Waals surface area contributed by atoms with Crippen LogP contribution in [-0.4, -0.2) is 46.9 Å². The molecule has 9 nitrogen and oxygen atoms in total. The highest BCUT2D eigenvalue weighted by molar-refractivity contribution is 7.15. The number of benzene rings is 1. The van der Waals surface area contributed by atoms with Gasteiger partial charge in [-0.25, -0.2) is 4.98 Å². The zero-order valence-electron chi connectivity index (χ0n) is 14.7. The van der Waals surface area contributed by atoms with E-state index in [2.05, 4.69) is 20.9 Å². The second-order valence-corrected chi connectivity index (χ2v) is 7.03. The molecule has 27 heavy (non-hydrogen) atoms. The van der Waals surface area contributed by atoms with Gasteiger partial charge < -0.3 is 26.8 Å². The molecule has 10 heteroatoms. The zero-order chi connectivity index (χ0) is 19.8. The third kappa shape index (κ3) is 6.94. The Labute approximate surface area is 160 Å². The van der Waals surface area contributed by atoms with Gasteiger partial charge in [0.25, 0.3) is 0 Å². The Hall–Kier alpha value is -3.14. The summed E-state index contributed by atoms with van der Waals surface area (Å²) in [6.45, 7) is 1.60. The second-order valence-electron chi connectivity index (χ2n) is 5.80. The molecule has 0 spiro atoms. The average molecular weight is 391 g/mol. The maximum atomic E-state index is 12.0. The van der Waals surface area contributed by atoms with E-state index in [4.69, 9.17) is 5.73 Å². The maximum absolute atomic E-state index is 12.0. The fourth-order valence-electron chi connectivity index (χ4n) is 2.17. The number of aromatic hydroxyl groups is 1. The highest BCUT2D eigenvalue weighted by atomic mass is 32.1. The Kier molecular flexibility index (Phi) is 7.12. The molecular formula is C17H21N5O4S. The molecule has 0 aliphatic heterocycles. The van der Waals surface area contributed by atoms with E-state index in [-0.39, 0.29) is 31.2 Å². The van der Waals surface area contributed by atoms with Crippen LogP contribution in [0, 0.1) is 6.92 Å². The molecule has 2 aromatic rings. The van der Waals surface area contributed by atoms with Crippen molar-refractivity contribution < 1.29 is 19.5 Å². The van der Waals surface area contributed by atoms with Crippen molar-refractivity contribution >= 4 is 34.2 Å². The van der Waals surface area contributed by atoms with Gasteiger partial charge in [0, 0.05) is 17.5 Å². The van der Waals surface area contributed by atoms with Crippen LogP contribution in [0.1, 0.15) is 10.4 Å². The van der Waals surface area contributed by atoms with Crippen LogP contribution in [0.5, 0.6) is 5.75 Å². The van der Waals surface area contributed by atoms with E-state index in [0.29, 0.717) is 5.13 Å². The van der Waals surface area contributed by atoms with Gasteiger partial charge >= 0.3 is 0 Å². The molecule has 0 radical (unpaired) electrons. The molecule has 2 rings (SSSR count). The summed E-state index contributed by atoms with van der Waals surface area (Å²) in [5.74, 6) is -1.51. The minimum atomic E-state index is -0.921. The molecule has 0 aliphatic carbocycles. The van der Waals surface area contributed by atoms with E-state index in [1.54, 1.807) is 18.3 Å². The topological polar surface area (TPSA) is 146 Å². The number of nitrogens with zero attached hydrogens (tertiary/aromatic N) is 1. The first-order chi connectivity index (χ1) is 12.8. The van der Waals surface area contributed by atoms with Crippen molar-refractivity contribution in [2.24, 2.45) is 5.73 Å². The second kappa shape index (κ2) is 9.53. The largest absolute Gasteiger partial charge is 0.508 e. The SMILES string of the molecule is Cc1cnc(NCC(=O)NCC(=O)N[C@@H](Cc2ccc(O)cc2)C(N)=O)s1. The van der Waals surface area contributed by atoms with Gasteiger partial charge in [-0.05, 0) is 24.6 Å². The van der Waals surface area contributed by atoms with Crippen molar-refractivity contribution in [1.82, 2.24) is 15.6 Å². The lowest BCUT2D eigenvalue weighted by atomic mass is 10.1. The van der Waals surface area contributed by atoms with E-state index >= 15 is 0 Å². The van der Waals surface area contributed by atoms with Crippen LogP contribution in [0.4, 0.5) is 5.13 Å². The predicted octanol–water partition coefficient (Wildman–Crippen LogP) is -0.102. The lowest BCUT2D eigenvalue weighted by Gasteiger charge is -2.16. The quantitative estimate of drug-likeness (QED) is 0.403. The van der Waals surface area contributed by atoms with Crippen molar-refractivity contribution in [3.63, 3.8) is 0 Å². The molecule has 0 unspecified atom stereocenters. The van der Waals surface area contributed by atoms with Crippen LogP contribution in [0.25, 0.3) is 0 Å². The fourth-order valence-corrected chi connectivity index (χ4v) is 2.83. The van der Waals surface area contributed by atoms with Crippen LogP contribution in [0.2, 0.25) is 0 Å². The number of amides is 3. The molecule has 0 fully saturated rings. The summed E-state index contributed by atoms with van der Waals surface area (Å²) in [7, 11) is 0. The number of aromatic nitrogens is 1. The van der Waals surface area contributed by atoms with Crippen molar-refractivity contribution in [1.29, 1.82) is 0 Å². The number of phenols is 1. The van der Waals surface area contributed by atoms with Crippen LogP contribution in [-0.2, 0) is 20.8 Å². The van der Waals surface area contributed by atoms with E-state index in [0.717, 1.165) is 10.4 Å².